The summed E-state index contributed by atoms with van der Waals surface area (Å²) in [5.41, 5.74) is 1.46. The number of nitrogens with one attached hydrogen (secondary N) is 1. The van der Waals surface area contributed by atoms with Crippen LogP contribution in [0.2, 0.25) is 5.02 Å². The molecule has 0 amide bonds. The molecule has 110 valence electrons. The van der Waals surface area contributed by atoms with Gasteiger partial charge in [0.05, 0.1) is 0 Å². The molecule has 2 N–H and O–H groups in total. The first-order valence-corrected chi connectivity index (χ1v) is 8.20. The molecule has 3 rings (SSSR count). The van der Waals surface area contributed by atoms with Crippen molar-refractivity contribution in [3.63, 3.8) is 0 Å². The predicted octanol–water partition coefficient (Wildman–Crippen LogP) is 3.93. The van der Waals surface area contributed by atoms with E-state index in [9.17, 15) is 5.11 Å². The van der Waals surface area contributed by atoms with Crippen molar-refractivity contribution in [3.05, 3.63) is 34.9 Å². The lowest BCUT2D eigenvalue weighted by atomic mass is 9.86. The van der Waals surface area contributed by atoms with E-state index in [4.69, 9.17) is 11.6 Å². The summed E-state index contributed by atoms with van der Waals surface area (Å²) in [4.78, 5) is 0. The Morgan fingerprint density at radius 1 is 1.20 bits per heavy atom. The van der Waals surface area contributed by atoms with E-state index in [0.29, 0.717) is 12.6 Å². The third-order valence-corrected chi connectivity index (χ3v) is 5.27. The molecule has 2 saturated carbocycles. The van der Waals surface area contributed by atoms with Crippen LogP contribution in [0.25, 0.3) is 0 Å². The SMILES string of the molecule is OCC1(CNC(c2ccc(Cl)cc2)C2CC2)CCCC1. The van der Waals surface area contributed by atoms with Crippen molar-refractivity contribution < 1.29 is 5.11 Å². The largest absolute Gasteiger partial charge is 0.396 e. The molecule has 2 fully saturated rings. The molecule has 1 atom stereocenters. The molecule has 2 nitrogen and oxygen atoms in total. The lowest BCUT2D eigenvalue weighted by molar-refractivity contribution is 0.123. The van der Waals surface area contributed by atoms with E-state index >= 15 is 0 Å². The minimum absolute atomic E-state index is 0.125. The highest BCUT2D eigenvalue weighted by molar-refractivity contribution is 6.30. The number of hydrogen-bond acceptors (Lipinski definition) is 2. The highest BCUT2D eigenvalue weighted by atomic mass is 35.5. The van der Waals surface area contributed by atoms with Crippen LogP contribution >= 0.6 is 11.6 Å². The fourth-order valence-electron chi connectivity index (χ4n) is 3.50. The van der Waals surface area contributed by atoms with E-state index in [1.165, 1.54) is 31.2 Å². The zero-order valence-electron chi connectivity index (χ0n) is 11.9. The molecule has 0 spiro atoms. The van der Waals surface area contributed by atoms with Crippen LogP contribution < -0.4 is 5.32 Å². The Morgan fingerprint density at radius 2 is 1.85 bits per heavy atom. The van der Waals surface area contributed by atoms with Crippen molar-refractivity contribution in [2.45, 2.75) is 44.6 Å². The van der Waals surface area contributed by atoms with Crippen LogP contribution in [0.1, 0.15) is 50.1 Å². The smallest absolute Gasteiger partial charge is 0.0499 e. The van der Waals surface area contributed by atoms with Crippen molar-refractivity contribution in [2.24, 2.45) is 11.3 Å². The highest BCUT2D eigenvalue weighted by Crippen LogP contribution is 2.43. The maximum atomic E-state index is 9.73. The molecule has 20 heavy (non-hydrogen) atoms. The van der Waals surface area contributed by atoms with E-state index in [2.05, 4.69) is 17.4 Å². The Kier molecular flexibility index (Phi) is 4.34. The van der Waals surface area contributed by atoms with Crippen LogP contribution in [0.3, 0.4) is 0 Å². The number of halogens is 1. The summed E-state index contributed by atoms with van der Waals surface area (Å²) >= 11 is 5.98. The number of benzene rings is 1. The third kappa shape index (κ3) is 3.19. The standard InChI is InChI=1S/C17H24ClNO/c18-15-7-5-14(6-8-15)16(13-3-4-13)19-11-17(12-20)9-1-2-10-17/h5-8,13,16,19-20H,1-4,9-12H2. The number of rotatable bonds is 6. The topological polar surface area (TPSA) is 32.3 Å². The highest BCUT2D eigenvalue weighted by Gasteiger charge is 2.37. The van der Waals surface area contributed by atoms with Crippen molar-refractivity contribution in [2.75, 3.05) is 13.2 Å². The summed E-state index contributed by atoms with van der Waals surface area (Å²) in [5, 5.41) is 14.3. The maximum Gasteiger partial charge on any atom is 0.0499 e. The minimum Gasteiger partial charge on any atom is -0.396 e. The zero-order valence-corrected chi connectivity index (χ0v) is 12.7. The van der Waals surface area contributed by atoms with Gasteiger partial charge in [0.1, 0.15) is 0 Å². The molecular weight excluding hydrogens is 270 g/mol. The van der Waals surface area contributed by atoms with Crippen LogP contribution in [-0.4, -0.2) is 18.3 Å². The summed E-state index contributed by atoms with van der Waals surface area (Å²) < 4.78 is 0. The van der Waals surface area contributed by atoms with E-state index in [1.54, 1.807) is 0 Å². The quantitative estimate of drug-likeness (QED) is 0.833. The van der Waals surface area contributed by atoms with Gasteiger partial charge >= 0.3 is 0 Å². The van der Waals surface area contributed by atoms with E-state index in [-0.39, 0.29) is 5.41 Å². The second-order valence-corrected chi connectivity index (χ2v) is 7.05. The first-order chi connectivity index (χ1) is 9.72. The lowest BCUT2D eigenvalue weighted by Gasteiger charge is -2.30. The molecule has 0 radical (unpaired) electrons. The van der Waals surface area contributed by atoms with Crippen LogP contribution in [-0.2, 0) is 0 Å². The summed E-state index contributed by atoms with van der Waals surface area (Å²) in [6, 6.07) is 8.66. The van der Waals surface area contributed by atoms with Crippen LogP contribution in [0.15, 0.2) is 24.3 Å². The first kappa shape index (κ1) is 14.4. The van der Waals surface area contributed by atoms with E-state index < -0.39 is 0 Å². The zero-order chi connectivity index (χ0) is 14.0. The van der Waals surface area contributed by atoms with Gasteiger partial charge in [0, 0.05) is 29.6 Å². The van der Waals surface area contributed by atoms with Gasteiger partial charge in [-0.25, -0.2) is 0 Å². The molecular formula is C17H24ClNO. The van der Waals surface area contributed by atoms with Gasteiger partial charge < -0.3 is 10.4 Å². The monoisotopic (exact) mass is 293 g/mol. The van der Waals surface area contributed by atoms with Crippen LogP contribution in [0.5, 0.6) is 0 Å². The summed E-state index contributed by atoms with van der Waals surface area (Å²) in [7, 11) is 0. The van der Waals surface area contributed by atoms with Gasteiger partial charge in [0.15, 0.2) is 0 Å². The fourth-order valence-corrected chi connectivity index (χ4v) is 3.62. The Labute approximate surface area is 126 Å². The molecule has 2 aliphatic carbocycles. The molecule has 0 saturated heterocycles. The Hall–Kier alpha value is -0.570. The molecule has 0 heterocycles. The molecule has 1 aromatic rings. The second-order valence-electron chi connectivity index (χ2n) is 6.61. The van der Waals surface area contributed by atoms with Crippen molar-refractivity contribution in [1.29, 1.82) is 0 Å². The van der Waals surface area contributed by atoms with Crippen LogP contribution in [0.4, 0.5) is 0 Å². The number of hydrogen-bond donors (Lipinski definition) is 2. The van der Waals surface area contributed by atoms with E-state index in [1.807, 2.05) is 12.1 Å². The molecule has 0 bridgehead atoms. The van der Waals surface area contributed by atoms with Gasteiger partial charge in [-0.3, -0.25) is 0 Å². The molecule has 1 aromatic carbocycles. The van der Waals surface area contributed by atoms with Crippen molar-refractivity contribution in [1.82, 2.24) is 5.32 Å². The number of aliphatic hydroxyl groups excluding tert-OH is 1. The molecule has 0 aliphatic heterocycles. The predicted molar refractivity (Wildman–Crippen MR) is 82.9 cm³/mol. The Morgan fingerprint density at radius 3 is 2.40 bits per heavy atom. The average molecular weight is 294 g/mol. The normalized spacial score (nSPS) is 22.9. The number of aliphatic hydroxyl groups is 1. The van der Waals surface area contributed by atoms with Gasteiger partial charge in [-0.2, -0.15) is 0 Å². The first-order valence-electron chi connectivity index (χ1n) is 7.82. The molecule has 2 aliphatic rings. The molecule has 3 heteroatoms. The lowest BCUT2D eigenvalue weighted by Crippen LogP contribution is -2.37. The summed E-state index contributed by atoms with van der Waals surface area (Å²) in [6.45, 7) is 1.26. The fraction of sp³-hybridized carbons (Fsp3) is 0.647. The van der Waals surface area contributed by atoms with Gasteiger partial charge in [0.2, 0.25) is 0 Å². The van der Waals surface area contributed by atoms with Gasteiger partial charge in [0.25, 0.3) is 0 Å². The Balaban J connectivity index is 1.67. The summed E-state index contributed by atoms with van der Waals surface area (Å²) in [5.74, 6) is 0.758. The minimum atomic E-state index is 0.125. The molecule has 0 aromatic heterocycles. The Bertz CT molecular complexity index is 435. The van der Waals surface area contributed by atoms with Crippen LogP contribution in [0, 0.1) is 11.3 Å². The van der Waals surface area contributed by atoms with E-state index in [0.717, 1.165) is 30.3 Å². The maximum absolute atomic E-state index is 9.73. The molecule has 1 unspecified atom stereocenters. The van der Waals surface area contributed by atoms with Gasteiger partial charge in [-0.1, -0.05) is 36.6 Å². The van der Waals surface area contributed by atoms with Crippen molar-refractivity contribution >= 4 is 11.6 Å². The average Bonchev–Trinajstić information content (AvgIpc) is 3.19. The second kappa shape index (κ2) is 6.05. The third-order valence-electron chi connectivity index (χ3n) is 5.02. The van der Waals surface area contributed by atoms with Gasteiger partial charge in [-0.15, -0.1) is 0 Å². The summed E-state index contributed by atoms with van der Waals surface area (Å²) in [6.07, 6.45) is 7.47. The van der Waals surface area contributed by atoms with Crippen molar-refractivity contribution in [3.8, 4) is 0 Å². The van der Waals surface area contributed by atoms with Gasteiger partial charge in [-0.05, 0) is 49.3 Å².